The standard InChI is InChI=1S/C23H17NO5/c1-13-7-8-18-17(10-13)21(26)19-20(14-4-2-5-15(25)11-14)24(23(27)22(19)29-18)12-16-6-3-9-28-16/h2-11,20,25H,12H2,1H3/t20-/m0/s1. The smallest absolute Gasteiger partial charge is 0.291 e. The second kappa shape index (κ2) is 6.38. The van der Waals surface area contributed by atoms with Crippen molar-refractivity contribution in [2.45, 2.75) is 19.5 Å². The molecule has 4 aromatic rings. The molecule has 1 aliphatic rings. The number of hydrogen-bond donors (Lipinski definition) is 1. The van der Waals surface area contributed by atoms with E-state index >= 15 is 0 Å². The van der Waals surface area contributed by atoms with Crippen molar-refractivity contribution in [2.75, 3.05) is 0 Å². The number of phenols is 1. The Labute approximate surface area is 165 Å². The molecule has 1 aliphatic heterocycles. The molecule has 1 N–H and O–H groups in total. The third-order valence-electron chi connectivity index (χ3n) is 5.21. The lowest BCUT2D eigenvalue weighted by Gasteiger charge is -2.24. The number of fused-ring (bicyclic) bond motifs is 2. The normalized spacial score (nSPS) is 15.8. The zero-order valence-electron chi connectivity index (χ0n) is 15.6. The van der Waals surface area contributed by atoms with Crippen molar-refractivity contribution in [1.29, 1.82) is 0 Å². The summed E-state index contributed by atoms with van der Waals surface area (Å²) in [5.74, 6) is 0.294. The van der Waals surface area contributed by atoms with Gasteiger partial charge in [-0.2, -0.15) is 0 Å². The lowest BCUT2D eigenvalue weighted by Crippen LogP contribution is -2.29. The minimum atomic E-state index is -0.684. The predicted molar refractivity (Wildman–Crippen MR) is 106 cm³/mol. The number of aryl methyl sites for hydroxylation is 1. The van der Waals surface area contributed by atoms with E-state index in [4.69, 9.17) is 8.83 Å². The van der Waals surface area contributed by atoms with E-state index in [0.29, 0.717) is 22.3 Å². The number of benzene rings is 2. The van der Waals surface area contributed by atoms with Gasteiger partial charge in [-0.15, -0.1) is 0 Å². The van der Waals surface area contributed by atoms with Gasteiger partial charge in [0, 0.05) is 0 Å². The summed E-state index contributed by atoms with van der Waals surface area (Å²) in [4.78, 5) is 28.2. The van der Waals surface area contributed by atoms with Crippen LogP contribution in [-0.2, 0) is 6.54 Å². The van der Waals surface area contributed by atoms with Gasteiger partial charge in [-0.05, 0) is 48.9 Å². The summed E-state index contributed by atoms with van der Waals surface area (Å²) in [6, 6.07) is 14.7. The van der Waals surface area contributed by atoms with E-state index in [1.807, 2.05) is 13.0 Å². The van der Waals surface area contributed by atoms with Crippen LogP contribution in [-0.4, -0.2) is 15.9 Å². The number of carbonyl (C=O) groups excluding carboxylic acids is 1. The monoisotopic (exact) mass is 387 g/mol. The van der Waals surface area contributed by atoms with Crippen LogP contribution >= 0.6 is 0 Å². The molecule has 3 heterocycles. The Balaban J connectivity index is 1.77. The Kier molecular flexibility index (Phi) is 3.81. The van der Waals surface area contributed by atoms with E-state index < -0.39 is 6.04 Å². The maximum atomic E-state index is 13.4. The van der Waals surface area contributed by atoms with Crippen molar-refractivity contribution >= 4 is 16.9 Å². The molecule has 0 unspecified atom stereocenters. The van der Waals surface area contributed by atoms with Crippen LogP contribution in [0.5, 0.6) is 5.75 Å². The third kappa shape index (κ3) is 2.72. The molecule has 1 amide bonds. The van der Waals surface area contributed by atoms with Crippen LogP contribution in [0.3, 0.4) is 0 Å². The summed E-state index contributed by atoms with van der Waals surface area (Å²) in [6.07, 6.45) is 1.53. The molecule has 0 saturated carbocycles. The maximum absolute atomic E-state index is 13.4. The molecule has 0 bridgehead atoms. The van der Waals surface area contributed by atoms with E-state index in [0.717, 1.165) is 5.56 Å². The fraction of sp³-hybridized carbons (Fsp3) is 0.130. The SMILES string of the molecule is Cc1ccc2oc3c(c(=O)c2c1)[C@H](c1cccc(O)c1)N(Cc1ccco1)C3=O. The fourth-order valence-corrected chi connectivity index (χ4v) is 3.91. The van der Waals surface area contributed by atoms with Gasteiger partial charge < -0.3 is 18.8 Å². The molecule has 5 rings (SSSR count). The van der Waals surface area contributed by atoms with Crippen molar-refractivity contribution in [2.24, 2.45) is 0 Å². The molecule has 2 aromatic carbocycles. The number of furan rings is 1. The average Bonchev–Trinajstić information content (AvgIpc) is 3.31. The fourth-order valence-electron chi connectivity index (χ4n) is 3.91. The topological polar surface area (TPSA) is 83.9 Å². The molecule has 1 atom stereocenters. The van der Waals surface area contributed by atoms with Crippen LogP contribution in [0.25, 0.3) is 11.0 Å². The van der Waals surface area contributed by atoms with E-state index in [2.05, 4.69) is 0 Å². The number of hydrogen-bond acceptors (Lipinski definition) is 5. The van der Waals surface area contributed by atoms with Crippen molar-refractivity contribution in [3.63, 3.8) is 0 Å². The Hall–Kier alpha value is -3.80. The molecule has 0 fully saturated rings. The van der Waals surface area contributed by atoms with Crippen molar-refractivity contribution in [1.82, 2.24) is 4.90 Å². The molecule has 0 saturated heterocycles. The lowest BCUT2D eigenvalue weighted by atomic mass is 9.98. The summed E-state index contributed by atoms with van der Waals surface area (Å²) in [5.41, 5.74) is 1.97. The molecular formula is C23H17NO5. The summed E-state index contributed by atoms with van der Waals surface area (Å²) in [6.45, 7) is 2.07. The molecule has 29 heavy (non-hydrogen) atoms. The molecule has 0 spiro atoms. The first kappa shape index (κ1) is 17.3. The van der Waals surface area contributed by atoms with Gasteiger partial charge in [0.25, 0.3) is 5.91 Å². The van der Waals surface area contributed by atoms with Gasteiger partial charge in [-0.25, -0.2) is 0 Å². The maximum Gasteiger partial charge on any atom is 0.291 e. The van der Waals surface area contributed by atoms with Crippen LogP contribution in [0, 0.1) is 6.92 Å². The van der Waals surface area contributed by atoms with E-state index in [9.17, 15) is 14.7 Å². The lowest BCUT2D eigenvalue weighted by molar-refractivity contribution is 0.0701. The van der Waals surface area contributed by atoms with Gasteiger partial charge in [-0.3, -0.25) is 9.59 Å². The van der Waals surface area contributed by atoms with E-state index in [1.54, 1.807) is 48.5 Å². The number of nitrogens with zero attached hydrogens (tertiary/aromatic N) is 1. The van der Waals surface area contributed by atoms with Gasteiger partial charge >= 0.3 is 0 Å². The first-order valence-corrected chi connectivity index (χ1v) is 9.22. The highest BCUT2D eigenvalue weighted by Gasteiger charge is 2.43. The van der Waals surface area contributed by atoms with Crippen molar-refractivity contribution < 1.29 is 18.7 Å². The number of amides is 1. The molecule has 6 nitrogen and oxygen atoms in total. The van der Waals surface area contributed by atoms with Gasteiger partial charge in [0.05, 0.1) is 29.8 Å². The zero-order valence-corrected chi connectivity index (χ0v) is 15.6. The van der Waals surface area contributed by atoms with Crippen LogP contribution in [0.2, 0.25) is 0 Å². The first-order chi connectivity index (χ1) is 14.0. The minimum absolute atomic E-state index is 0.0336. The second-order valence-corrected chi connectivity index (χ2v) is 7.18. The Morgan fingerprint density at radius 1 is 1.07 bits per heavy atom. The van der Waals surface area contributed by atoms with Gasteiger partial charge in [-0.1, -0.05) is 23.8 Å². The summed E-state index contributed by atoms with van der Waals surface area (Å²) < 4.78 is 11.3. The van der Waals surface area contributed by atoms with Gasteiger partial charge in [0.1, 0.15) is 17.1 Å². The van der Waals surface area contributed by atoms with Gasteiger partial charge in [0.15, 0.2) is 5.43 Å². The minimum Gasteiger partial charge on any atom is -0.508 e. The molecule has 6 heteroatoms. The molecule has 0 radical (unpaired) electrons. The average molecular weight is 387 g/mol. The highest BCUT2D eigenvalue weighted by atomic mass is 16.4. The zero-order chi connectivity index (χ0) is 20.1. The van der Waals surface area contributed by atoms with Crippen LogP contribution in [0.15, 0.2) is 74.5 Å². The summed E-state index contributed by atoms with van der Waals surface area (Å²) >= 11 is 0. The Bertz CT molecular complexity index is 1300. The Morgan fingerprint density at radius 2 is 1.93 bits per heavy atom. The number of rotatable bonds is 3. The highest BCUT2D eigenvalue weighted by molar-refractivity contribution is 5.99. The second-order valence-electron chi connectivity index (χ2n) is 7.18. The quantitative estimate of drug-likeness (QED) is 0.571. The van der Waals surface area contributed by atoms with Crippen molar-refractivity contribution in [3.8, 4) is 5.75 Å². The van der Waals surface area contributed by atoms with E-state index in [-0.39, 0.29) is 35.0 Å². The van der Waals surface area contributed by atoms with Crippen LogP contribution < -0.4 is 5.43 Å². The molecule has 0 aliphatic carbocycles. The summed E-state index contributed by atoms with van der Waals surface area (Å²) in [7, 11) is 0. The molecular weight excluding hydrogens is 370 g/mol. The van der Waals surface area contributed by atoms with Crippen LogP contribution in [0.4, 0.5) is 0 Å². The Morgan fingerprint density at radius 3 is 2.69 bits per heavy atom. The highest BCUT2D eigenvalue weighted by Crippen LogP contribution is 2.39. The first-order valence-electron chi connectivity index (χ1n) is 9.22. The van der Waals surface area contributed by atoms with Crippen LogP contribution in [0.1, 0.15) is 39.0 Å². The third-order valence-corrected chi connectivity index (χ3v) is 5.21. The molecule has 2 aromatic heterocycles. The summed E-state index contributed by atoms with van der Waals surface area (Å²) in [5, 5.41) is 10.4. The largest absolute Gasteiger partial charge is 0.508 e. The number of aromatic hydroxyl groups is 1. The number of phenolic OH excluding ortho intramolecular Hbond substituents is 1. The predicted octanol–water partition coefficient (Wildman–Crippen LogP) is 4.15. The van der Waals surface area contributed by atoms with Crippen molar-refractivity contribution in [3.05, 3.63) is 99.3 Å². The van der Waals surface area contributed by atoms with E-state index in [1.165, 1.54) is 11.2 Å². The molecule has 144 valence electrons. The number of carbonyl (C=O) groups is 1. The van der Waals surface area contributed by atoms with Gasteiger partial charge in [0.2, 0.25) is 5.76 Å².